The van der Waals surface area contributed by atoms with Crippen molar-refractivity contribution in [1.82, 2.24) is 9.47 Å². The van der Waals surface area contributed by atoms with Crippen LogP contribution in [0.5, 0.6) is 0 Å². The largest absolute Gasteiger partial charge is 0.443 e. The van der Waals surface area contributed by atoms with E-state index in [0.29, 0.717) is 18.7 Å². The quantitative estimate of drug-likeness (QED) is 0.719. The molecule has 1 N–H and O–H groups in total. The number of nitrogens with zero attached hydrogens (tertiary/aromatic N) is 2. The van der Waals surface area contributed by atoms with Gasteiger partial charge in [-0.05, 0) is 51.3 Å². The minimum Gasteiger partial charge on any atom is -0.443 e. The molecule has 8 heteroatoms. The van der Waals surface area contributed by atoms with Crippen LogP contribution in [-0.4, -0.2) is 39.5 Å². The van der Waals surface area contributed by atoms with Gasteiger partial charge in [0.2, 0.25) is 5.91 Å². The van der Waals surface area contributed by atoms with Crippen molar-refractivity contribution in [3.63, 3.8) is 0 Å². The van der Waals surface area contributed by atoms with Gasteiger partial charge in [0.1, 0.15) is 11.6 Å². The molecule has 1 aromatic carbocycles. The third kappa shape index (κ3) is 5.21. The fraction of sp³-hybridized carbons (Fsp3) is 0.462. The number of nitrogens with one attached hydrogen (secondary N) is 1. The average Bonchev–Trinajstić information content (AvgIpc) is 2.72. The maximum Gasteiger partial charge on any atom is 0.421 e. The summed E-state index contributed by atoms with van der Waals surface area (Å²) >= 11 is 0. The first-order valence-electron chi connectivity index (χ1n) is 11.4. The van der Waals surface area contributed by atoms with Gasteiger partial charge in [0.15, 0.2) is 0 Å². The van der Waals surface area contributed by atoms with Gasteiger partial charge in [-0.25, -0.2) is 9.36 Å². The predicted octanol–water partition coefficient (Wildman–Crippen LogP) is 4.05. The van der Waals surface area contributed by atoms with Crippen molar-refractivity contribution in [2.75, 3.05) is 11.9 Å². The van der Waals surface area contributed by atoms with Crippen LogP contribution >= 0.6 is 0 Å². The first kappa shape index (κ1) is 25.2. The molecule has 1 unspecified atom stereocenters. The zero-order valence-electron chi connectivity index (χ0n) is 20.9. The van der Waals surface area contributed by atoms with E-state index in [1.807, 2.05) is 45.0 Å². The Morgan fingerprint density at radius 2 is 1.65 bits per heavy atom. The second-order valence-corrected chi connectivity index (χ2v) is 10.6. The molecule has 1 atom stereocenters. The van der Waals surface area contributed by atoms with E-state index in [2.05, 4.69) is 5.32 Å². The minimum atomic E-state index is -0.835. The van der Waals surface area contributed by atoms with E-state index in [0.717, 1.165) is 15.7 Å². The molecule has 2 aromatic rings. The second-order valence-electron chi connectivity index (χ2n) is 10.6. The Morgan fingerprint density at radius 3 is 2.26 bits per heavy atom. The van der Waals surface area contributed by atoms with Gasteiger partial charge in [-0.3, -0.25) is 14.4 Å². The van der Waals surface area contributed by atoms with Gasteiger partial charge >= 0.3 is 6.09 Å². The summed E-state index contributed by atoms with van der Waals surface area (Å²) in [6.45, 7) is 12.6. The standard InChI is InChI=1S/C26H33N3O5/c1-16-19(12-13-20(30)29(16)24(33)34-26(5,6)7)27-22(31)21-18-11-9-8-10-17(18)14-15-28(21)23(32)25(2,3)4/h8-13,21H,14-15H2,1-7H3,(H,27,31). The van der Waals surface area contributed by atoms with Gasteiger partial charge in [0, 0.05) is 18.0 Å². The minimum absolute atomic E-state index is 0.127. The highest BCUT2D eigenvalue weighted by molar-refractivity contribution is 5.99. The molecule has 0 spiro atoms. The molecule has 1 aliphatic rings. The average molecular weight is 468 g/mol. The molecule has 0 saturated carbocycles. The number of anilines is 1. The molecule has 3 rings (SSSR count). The normalized spacial score (nSPS) is 16.0. The van der Waals surface area contributed by atoms with Crippen LogP contribution in [0.4, 0.5) is 10.5 Å². The Bertz CT molecular complexity index is 1180. The fourth-order valence-electron chi connectivity index (χ4n) is 4.00. The van der Waals surface area contributed by atoms with Crippen LogP contribution < -0.4 is 10.9 Å². The fourth-order valence-corrected chi connectivity index (χ4v) is 4.00. The van der Waals surface area contributed by atoms with Gasteiger partial charge in [-0.2, -0.15) is 0 Å². The van der Waals surface area contributed by atoms with E-state index in [9.17, 15) is 19.2 Å². The topological polar surface area (TPSA) is 97.7 Å². The number of carbonyl (C=O) groups excluding carboxylic acids is 3. The van der Waals surface area contributed by atoms with Crippen LogP contribution in [0, 0.1) is 12.3 Å². The summed E-state index contributed by atoms with van der Waals surface area (Å²) < 4.78 is 6.25. The molecule has 1 aliphatic heterocycles. The van der Waals surface area contributed by atoms with Crippen LogP contribution in [0.15, 0.2) is 41.2 Å². The molecule has 0 bridgehead atoms. The Balaban J connectivity index is 2.00. The third-order valence-corrected chi connectivity index (χ3v) is 5.61. The number of benzene rings is 1. The van der Waals surface area contributed by atoms with Gasteiger partial charge in [0.05, 0.1) is 11.4 Å². The molecule has 0 radical (unpaired) electrons. The molecule has 2 heterocycles. The lowest BCUT2D eigenvalue weighted by molar-refractivity contribution is -0.146. The van der Waals surface area contributed by atoms with E-state index in [1.165, 1.54) is 12.1 Å². The van der Waals surface area contributed by atoms with Crippen LogP contribution in [0.25, 0.3) is 0 Å². The first-order chi connectivity index (χ1) is 15.7. The third-order valence-electron chi connectivity index (χ3n) is 5.61. The van der Waals surface area contributed by atoms with Crippen LogP contribution in [0.1, 0.15) is 64.4 Å². The first-order valence-corrected chi connectivity index (χ1v) is 11.4. The van der Waals surface area contributed by atoms with Crippen molar-refractivity contribution in [2.45, 2.75) is 66.5 Å². The highest BCUT2D eigenvalue weighted by atomic mass is 16.6. The number of carbonyl (C=O) groups is 3. The van der Waals surface area contributed by atoms with E-state index in [1.54, 1.807) is 32.6 Å². The number of rotatable bonds is 2. The monoisotopic (exact) mass is 467 g/mol. The van der Waals surface area contributed by atoms with Crippen molar-refractivity contribution < 1.29 is 19.1 Å². The summed E-state index contributed by atoms with van der Waals surface area (Å²) in [7, 11) is 0. The molecule has 0 aliphatic carbocycles. The lowest BCUT2D eigenvalue weighted by atomic mass is 9.87. The zero-order chi connectivity index (χ0) is 25.4. The zero-order valence-corrected chi connectivity index (χ0v) is 20.9. The summed E-state index contributed by atoms with van der Waals surface area (Å²) in [6, 6.07) is 9.41. The number of aromatic nitrogens is 1. The summed E-state index contributed by atoms with van der Waals surface area (Å²) in [5, 5.41) is 2.84. The van der Waals surface area contributed by atoms with Crippen molar-refractivity contribution in [3.8, 4) is 0 Å². The molecule has 1 aromatic heterocycles. The number of pyridine rings is 1. The maximum atomic E-state index is 13.6. The number of fused-ring (bicyclic) bond motifs is 1. The van der Waals surface area contributed by atoms with E-state index >= 15 is 0 Å². The highest BCUT2D eigenvalue weighted by Gasteiger charge is 2.39. The molecular weight excluding hydrogens is 434 g/mol. The van der Waals surface area contributed by atoms with Crippen molar-refractivity contribution in [1.29, 1.82) is 0 Å². The number of hydrogen-bond acceptors (Lipinski definition) is 5. The maximum absolute atomic E-state index is 13.6. The Hall–Kier alpha value is -3.42. The van der Waals surface area contributed by atoms with E-state index in [-0.39, 0.29) is 11.6 Å². The summed E-state index contributed by atoms with van der Waals surface area (Å²) in [4.78, 5) is 53.5. The molecule has 0 fully saturated rings. The summed E-state index contributed by atoms with van der Waals surface area (Å²) in [6.07, 6.45) is -0.164. The molecule has 34 heavy (non-hydrogen) atoms. The van der Waals surface area contributed by atoms with Crippen molar-refractivity contribution >= 4 is 23.6 Å². The van der Waals surface area contributed by atoms with E-state index < -0.39 is 34.6 Å². The Labute approximate surface area is 199 Å². The van der Waals surface area contributed by atoms with Crippen LogP contribution in [-0.2, 0) is 20.7 Å². The lowest BCUT2D eigenvalue weighted by Crippen LogP contribution is -2.49. The highest BCUT2D eigenvalue weighted by Crippen LogP contribution is 2.34. The van der Waals surface area contributed by atoms with Gasteiger partial charge in [0.25, 0.3) is 11.5 Å². The van der Waals surface area contributed by atoms with Crippen molar-refractivity contribution in [2.24, 2.45) is 5.41 Å². The van der Waals surface area contributed by atoms with Crippen LogP contribution in [0.3, 0.4) is 0 Å². The molecule has 182 valence electrons. The van der Waals surface area contributed by atoms with E-state index in [4.69, 9.17) is 4.74 Å². The second kappa shape index (κ2) is 9.08. The Morgan fingerprint density at radius 1 is 1.00 bits per heavy atom. The van der Waals surface area contributed by atoms with Gasteiger partial charge < -0.3 is 15.0 Å². The lowest BCUT2D eigenvalue weighted by Gasteiger charge is -2.39. The predicted molar refractivity (Wildman–Crippen MR) is 130 cm³/mol. The molecule has 8 nitrogen and oxygen atoms in total. The Kier molecular flexibility index (Phi) is 6.73. The summed E-state index contributed by atoms with van der Waals surface area (Å²) in [5.74, 6) is -0.542. The molecular formula is C26H33N3O5. The van der Waals surface area contributed by atoms with Crippen molar-refractivity contribution in [3.05, 3.63) is 63.6 Å². The molecule has 2 amide bonds. The SMILES string of the molecule is Cc1c(NC(=O)C2c3ccccc3CCN2C(=O)C(C)(C)C)ccc(=O)n1C(=O)OC(C)(C)C. The summed E-state index contributed by atoms with van der Waals surface area (Å²) in [5.41, 5.74) is 0.303. The smallest absolute Gasteiger partial charge is 0.421 e. The number of ether oxygens (including phenoxy) is 1. The molecule has 0 saturated heterocycles. The van der Waals surface area contributed by atoms with Gasteiger partial charge in [-0.15, -0.1) is 0 Å². The number of amides is 2. The number of hydrogen-bond donors (Lipinski definition) is 1. The van der Waals surface area contributed by atoms with Gasteiger partial charge in [-0.1, -0.05) is 45.0 Å². The van der Waals surface area contributed by atoms with Crippen LogP contribution in [0.2, 0.25) is 0 Å².